The van der Waals surface area contributed by atoms with E-state index in [0.29, 0.717) is 25.3 Å². The van der Waals surface area contributed by atoms with Crippen molar-refractivity contribution < 1.29 is 14.0 Å². The third-order valence-corrected chi connectivity index (χ3v) is 5.03. The lowest BCUT2D eigenvalue weighted by Crippen LogP contribution is -2.44. The number of hydrogen-bond donors (Lipinski definition) is 2. The predicted molar refractivity (Wildman–Crippen MR) is 85.0 cm³/mol. The first kappa shape index (κ1) is 16.0. The number of hydrogen-bond acceptors (Lipinski definition) is 2. The fraction of sp³-hybridized carbons (Fsp3) is 0.556. The molecule has 1 aliphatic heterocycles. The van der Waals surface area contributed by atoms with Gasteiger partial charge in [0.2, 0.25) is 11.8 Å². The van der Waals surface area contributed by atoms with Crippen LogP contribution in [0.1, 0.15) is 50.1 Å². The Kier molecular flexibility index (Phi) is 4.94. The molecule has 0 radical (unpaired) electrons. The summed E-state index contributed by atoms with van der Waals surface area (Å²) in [5, 5.41) is 5.92. The number of amides is 2. The Morgan fingerprint density at radius 1 is 1.17 bits per heavy atom. The maximum atomic E-state index is 13.2. The zero-order valence-corrected chi connectivity index (χ0v) is 13.2. The van der Waals surface area contributed by atoms with E-state index in [2.05, 4.69) is 10.6 Å². The van der Waals surface area contributed by atoms with Crippen LogP contribution in [0.25, 0.3) is 0 Å². The van der Waals surface area contributed by atoms with Crippen molar-refractivity contribution in [1.29, 1.82) is 0 Å². The van der Waals surface area contributed by atoms with Gasteiger partial charge in [0.1, 0.15) is 5.82 Å². The maximum Gasteiger partial charge on any atom is 0.225 e. The van der Waals surface area contributed by atoms with Crippen molar-refractivity contribution in [2.45, 2.75) is 44.6 Å². The molecule has 0 spiro atoms. The highest BCUT2D eigenvalue weighted by Crippen LogP contribution is 2.36. The van der Waals surface area contributed by atoms with E-state index in [1.54, 1.807) is 12.1 Å². The average Bonchev–Trinajstić information content (AvgIpc) is 3.08. The second-order valence-corrected chi connectivity index (χ2v) is 6.62. The quantitative estimate of drug-likeness (QED) is 0.897. The molecule has 1 heterocycles. The number of nitrogens with one attached hydrogen (secondary N) is 2. The number of halogens is 1. The van der Waals surface area contributed by atoms with E-state index < -0.39 is 0 Å². The van der Waals surface area contributed by atoms with Crippen LogP contribution in [0.2, 0.25) is 0 Å². The molecule has 3 rings (SSSR count). The number of rotatable bonds is 4. The molecule has 1 saturated heterocycles. The van der Waals surface area contributed by atoms with Gasteiger partial charge < -0.3 is 10.6 Å². The molecule has 1 aliphatic carbocycles. The maximum absolute atomic E-state index is 13.2. The minimum atomic E-state index is -0.264. The summed E-state index contributed by atoms with van der Waals surface area (Å²) < 4.78 is 13.2. The van der Waals surface area contributed by atoms with Crippen molar-refractivity contribution in [2.24, 2.45) is 11.8 Å². The highest BCUT2D eigenvalue weighted by molar-refractivity contribution is 5.84. The Labute approximate surface area is 135 Å². The summed E-state index contributed by atoms with van der Waals surface area (Å²) >= 11 is 0. The molecular formula is C18H23FN2O2. The van der Waals surface area contributed by atoms with Gasteiger partial charge in [-0.05, 0) is 42.9 Å². The van der Waals surface area contributed by atoms with Gasteiger partial charge in [0.15, 0.2) is 0 Å². The second-order valence-electron chi connectivity index (χ2n) is 6.62. The summed E-state index contributed by atoms with van der Waals surface area (Å²) in [5.41, 5.74) is 0.964. The van der Waals surface area contributed by atoms with E-state index in [1.807, 2.05) is 0 Å². The molecule has 124 valence electrons. The summed E-state index contributed by atoms with van der Waals surface area (Å²) in [6.45, 7) is 0.408. The summed E-state index contributed by atoms with van der Waals surface area (Å²) in [6.07, 6.45) is 5.53. The van der Waals surface area contributed by atoms with Crippen molar-refractivity contribution in [2.75, 3.05) is 6.54 Å². The molecule has 2 N–H and O–H groups in total. The standard InChI is InChI=1S/C18H23FN2O2/c19-15-8-5-13(6-9-15)17(12-3-1-2-4-12)21-18(23)14-7-10-16(22)20-11-14/h5-6,8-9,12,14,17H,1-4,7,10-11H2,(H,20,22)(H,21,23)/t14-,17+/m0/s1. The van der Waals surface area contributed by atoms with Crippen molar-refractivity contribution in [3.8, 4) is 0 Å². The van der Waals surface area contributed by atoms with Gasteiger partial charge in [-0.15, -0.1) is 0 Å². The van der Waals surface area contributed by atoms with Crippen molar-refractivity contribution in [1.82, 2.24) is 10.6 Å². The fourth-order valence-electron chi connectivity index (χ4n) is 3.66. The van der Waals surface area contributed by atoms with E-state index in [-0.39, 0.29) is 29.6 Å². The van der Waals surface area contributed by atoms with Crippen LogP contribution < -0.4 is 10.6 Å². The van der Waals surface area contributed by atoms with Crippen LogP contribution in [0.15, 0.2) is 24.3 Å². The first-order valence-electron chi connectivity index (χ1n) is 8.46. The lowest BCUT2D eigenvalue weighted by Gasteiger charge is -2.29. The summed E-state index contributed by atoms with van der Waals surface area (Å²) in [7, 11) is 0. The van der Waals surface area contributed by atoms with Gasteiger partial charge in [0.05, 0.1) is 12.0 Å². The minimum Gasteiger partial charge on any atom is -0.355 e. The van der Waals surface area contributed by atoms with Crippen molar-refractivity contribution >= 4 is 11.8 Å². The SMILES string of the molecule is O=C1CC[C@H](C(=O)N[C@@H](c2ccc(F)cc2)C2CCCC2)CN1. The molecule has 1 saturated carbocycles. The smallest absolute Gasteiger partial charge is 0.225 e. The molecule has 1 aromatic carbocycles. The Morgan fingerprint density at radius 2 is 1.87 bits per heavy atom. The van der Waals surface area contributed by atoms with Gasteiger partial charge in [0.25, 0.3) is 0 Å². The van der Waals surface area contributed by atoms with Gasteiger partial charge >= 0.3 is 0 Å². The van der Waals surface area contributed by atoms with E-state index in [9.17, 15) is 14.0 Å². The molecule has 2 amide bonds. The number of benzene rings is 1. The summed E-state index contributed by atoms with van der Waals surface area (Å²) in [6, 6.07) is 6.36. The van der Waals surface area contributed by atoms with E-state index >= 15 is 0 Å². The highest BCUT2D eigenvalue weighted by atomic mass is 19.1. The van der Waals surface area contributed by atoms with Crippen LogP contribution in [0.4, 0.5) is 4.39 Å². The molecular weight excluding hydrogens is 295 g/mol. The van der Waals surface area contributed by atoms with Crippen LogP contribution in [0.3, 0.4) is 0 Å². The molecule has 23 heavy (non-hydrogen) atoms. The van der Waals surface area contributed by atoms with Crippen molar-refractivity contribution in [3.63, 3.8) is 0 Å². The minimum absolute atomic E-state index is 0.00813. The first-order chi connectivity index (χ1) is 11.1. The molecule has 0 bridgehead atoms. The lowest BCUT2D eigenvalue weighted by atomic mass is 9.90. The van der Waals surface area contributed by atoms with E-state index in [1.165, 1.54) is 25.0 Å². The summed E-state index contributed by atoms with van der Waals surface area (Å²) in [4.78, 5) is 23.8. The molecule has 5 heteroatoms. The largest absolute Gasteiger partial charge is 0.355 e. The molecule has 0 aromatic heterocycles. The van der Waals surface area contributed by atoms with Gasteiger partial charge in [-0.3, -0.25) is 9.59 Å². The molecule has 4 nitrogen and oxygen atoms in total. The van der Waals surface area contributed by atoms with E-state index in [4.69, 9.17) is 0 Å². The normalized spacial score (nSPS) is 23.3. The van der Waals surface area contributed by atoms with Gasteiger partial charge in [0, 0.05) is 13.0 Å². The van der Waals surface area contributed by atoms with Crippen LogP contribution in [0, 0.1) is 17.7 Å². The molecule has 1 aromatic rings. The van der Waals surface area contributed by atoms with Crippen LogP contribution in [0.5, 0.6) is 0 Å². The van der Waals surface area contributed by atoms with E-state index in [0.717, 1.165) is 18.4 Å². The van der Waals surface area contributed by atoms with Crippen LogP contribution in [-0.2, 0) is 9.59 Å². The number of carbonyl (C=O) groups excluding carboxylic acids is 2. The number of carbonyl (C=O) groups is 2. The van der Waals surface area contributed by atoms with Gasteiger partial charge in [-0.1, -0.05) is 25.0 Å². The fourth-order valence-corrected chi connectivity index (χ4v) is 3.66. The second kappa shape index (κ2) is 7.11. The summed E-state index contributed by atoms with van der Waals surface area (Å²) in [5.74, 6) is -0.0222. The lowest BCUT2D eigenvalue weighted by molar-refractivity contribution is -0.129. The highest BCUT2D eigenvalue weighted by Gasteiger charge is 2.31. The zero-order valence-electron chi connectivity index (χ0n) is 13.2. The average molecular weight is 318 g/mol. The first-order valence-corrected chi connectivity index (χ1v) is 8.46. The Morgan fingerprint density at radius 3 is 2.48 bits per heavy atom. The Bertz CT molecular complexity index is 557. The third kappa shape index (κ3) is 3.89. The van der Waals surface area contributed by atoms with Crippen LogP contribution in [-0.4, -0.2) is 18.4 Å². The zero-order chi connectivity index (χ0) is 16.2. The molecule has 2 aliphatic rings. The Balaban J connectivity index is 1.71. The molecule has 2 atom stereocenters. The van der Waals surface area contributed by atoms with Crippen molar-refractivity contribution in [3.05, 3.63) is 35.6 Å². The monoisotopic (exact) mass is 318 g/mol. The topological polar surface area (TPSA) is 58.2 Å². The molecule has 0 unspecified atom stereocenters. The number of piperidine rings is 1. The Hall–Kier alpha value is -1.91. The van der Waals surface area contributed by atoms with Gasteiger partial charge in [-0.25, -0.2) is 4.39 Å². The van der Waals surface area contributed by atoms with Crippen LogP contribution >= 0.6 is 0 Å². The van der Waals surface area contributed by atoms with Gasteiger partial charge in [-0.2, -0.15) is 0 Å². The third-order valence-electron chi connectivity index (χ3n) is 5.03. The predicted octanol–water partition coefficient (Wildman–Crippen LogP) is 2.70. The molecule has 2 fully saturated rings.